The van der Waals surface area contributed by atoms with Gasteiger partial charge in [0, 0.05) is 0 Å². The molecule has 0 aromatic heterocycles. The Balaban J connectivity index is 0.000000211. The maximum absolute atomic E-state index is 10.7. The van der Waals surface area contributed by atoms with E-state index in [2.05, 4.69) is 0 Å². The minimum absolute atomic E-state index is 0.178. The molecule has 21 heavy (non-hydrogen) atoms. The summed E-state index contributed by atoms with van der Waals surface area (Å²) in [7, 11) is -3.92. The van der Waals surface area contributed by atoms with Crippen LogP contribution in [0.3, 0.4) is 0 Å². The topological polar surface area (TPSA) is 83.5 Å². The largest absolute Gasteiger partial charge is 0.744 e. The zero-order chi connectivity index (χ0) is 15.9. The third kappa shape index (κ3) is 7.61. The number of carbonyl (C=O) groups is 1. The van der Waals surface area contributed by atoms with Gasteiger partial charge in [0.05, 0.1) is 18.1 Å². The molecule has 5 nitrogen and oxygen atoms in total. The second-order valence-electron chi connectivity index (χ2n) is 4.75. The number of hydrogen-bond acceptors (Lipinski definition) is 5. The molecule has 2 rings (SSSR count). The van der Waals surface area contributed by atoms with E-state index in [9.17, 15) is 17.8 Å². The maximum Gasteiger partial charge on any atom is 0.178 e. The fraction of sp³-hybridized carbons (Fsp3) is 0.500. The normalized spacial score (nSPS) is 16.0. The van der Waals surface area contributed by atoms with Crippen LogP contribution in [0.1, 0.15) is 12.5 Å². The van der Waals surface area contributed by atoms with E-state index in [4.69, 9.17) is 4.74 Å². The monoisotopic (exact) mass is 332 g/mol. The molecule has 1 fully saturated rings. The number of ether oxygens (including phenoxy) is 1. The molecule has 0 spiro atoms. The fourth-order valence-electron chi connectivity index (χ4n) is 1.69. The van der Waals surface area contributed by atoms with Crippen LogP contribution in [0.5, 0.6) is 0 Å². The Bertz CT molecular complexity index is 545. The van der Waals surface area contributed by atoms with Crippen LogP contribution in [0, 0.1) is 6.92 Å². The first kappa shape index (κ1) is 18.2. The summed E-state index contributed by atoms with van der Waals surface area (Å²) in [6.45, 7) is 5.20. The predicted octanol–water partition coefficient (Wildman–Crippen LogP) is 1.12. The van der Waals surface area contributed by atoms with Crippen molar-refractivity contribution in [2.45, 2.75) is 18.7 Å². The Morgan fingerprint density at radius 2 is 1.76 bits per heavy atom. The first-order valence-corrected chi connectivity index (χ1v) is 9.67. The number of hydrogen-bond donors (Lipinski definition) is 0. The molecule has 7 heteroatoms. The van der Waals surface area contributed by atoms with Gasteiger partial charge in [0.2, 0.25) is 0 Å². The Kier molecular flexibility index (Phi) is 7.37. The van der Waals surface area contributed by atoms with Crippen molar-refractivity contribution in [3.05, 3.63) is 29.8 Å². The number of rotatable bonds is 3. The van der Waals surface area contributed by atoms with Gasteiger partial charge in [0.1, 0.15) is 21.6 Å². The summed E-state index contributed by atoms with van der Waals surface area (Å²) in [6, 6.07) is 5.78. The highest BCUT2D eigenvalue weighted by molar-refractivity contribution is 7.97. The molecule has 1 aliphatic rings. The summed E-state index contributed by atoms with van der Waals surface area (Å²) in [6.07, 6.45) is 0. The van der Waals surface area contributed by atoms with Crippen LogP contribution in [-0.2, 0) is 30.5 Å². The Morgan fingerprint density at radius 1 is 1.24 bits per heavy atom. The van der Waals surface area contributed by atoms with Crippen molar-refractivity contribution in [1.29, 1.82) is 0 Å². The fourth-order valence-corrected chi connectivity index (χ4v) is 3.94. The molecule has 118 valence electrons. The number of carbonyl (C=O) groups excluding carboxylic acids is 1. The van der Waals surface area contributed by atoms with Crippen molar-refractivity contribution in [3.8, 4) is 0 Å². The van der Waals surface area contributed by atoms with E-state index in [1.807, 2.05) is 6.92 Å². The summed E-state index contributed by atoms with van der Waals surface area (Å²) in [5.74, 6) is 3.30. The van der Waals surface area contributed by atoms with Gasteiger partial charge in [0.15, 0.2) is 11.5 Å². The van der Waals surface area contributed by atoms with Crippen LogP contribution in [0.15, 0.2) is 29.2 Å². The lowest BCUT2D eigenvalue weighted by Crippen LogP contribution is -2.30. The molecular weight excluding hydrogens is 312 g/mol. The van der Waals surface area contributed by atoms with Gasteiger partial charge in [-0.2, -0.15) is 0 Å². The lowest BCUT2D eigenvalue weighted by atomic mass is 10.2. The average Bonchev–Trinajstić information content (AvgIpc) is 2.39. The van der Waals surface area contributed by atoms with Crippen molar-refractivity contribution in [3.63, 3.8) is 0 Å². The van der Waals surface area contributed by atoms with E-state index in [1.165, 1.54) is 12.1 Å². The first-order valence-electron chi connectivity index (χ1n) is 6.53. The second kappa shape index (κ2) is 8.53. The van der Waals surface area contributed by atoms with Crippen LogP contribution in [0.4, 0.5) is 0 Å². The van der Waals surface area contributed by atoms with E-state index in [0.29, 0.717) is 16.7 Å². The molecule has 1 saturated heterocycles. The van der Waals surface area contributed by atoms with Gasteiger partial charge >= 0.3 is 0 Å². The minimum Gasteiger partial charge on any atom is -0.744 e. The Labute approximate surface area is 128 Å². The summed E-state index contributed by atoms with van der Waals surface area (Å²) >= 11 is 0. The van der Waals surface area contributed by atoms with Gasteiger partial charge in [-0.05, 0) is 36.9 Å². The quantitative estimate of drug-likeness (QED) is 0.612. The molecule has 0 N–H and O–H groups in total. The predicted molar refractivity (Wildman–Crippen MR) is 82.6 cm³/mol. The van der Waals surface area contributed by atoms with E-state index in [1.54, 1.807) is 19.1 Å². The van der Waals surface area contributed by atoms with E-state index in [-0.39, 0.29) is 4.90 Å². The lowest BCUT2D eigenvalue weighted by molar-refractivity contribution is -0.114. The molecule has 1 aliphatic heterocycles. The molecular formula is C14H20O5S2. The van der Waals surface area contributed by atoms with Gasteiger partial charge in [0.25, 0.3) is 0 Å². The van der Waals surface area contributed by atoms with Gasteiger partial charge in [-0.1, -0.05) is 17.7 Å². The SMILES string of the molecule is CC(=O)C[S+]1CCOCC1.Cc1ccc(S(=O)(=O)[O-])cc1. The standard InChI is InChI=1S/C7H8O3S.C7H13O2S/c1-6-2-4-7(5-3-6)11(8,9)10;1-7(8)6-10-4-2-9-3-5-10/h2-5H,1H3,(H,8,9,10);2-6H2,1H3/q;+1/p-1. The zero-order valence-corrected chi connectivity index (χ0v) is 13.8. The number of aryl methyl sites for hydroxylation is 1. The third-order valence-electron chi connectivity index (χ3n) is 2.75. The molecule has 0 radical (unpaired) electrons. The van der Waals surface area contributed by atoms with Crippen LogP contribution < -0.4 is 0 Å². The number of Topliss-reactive ketones (excluding diaryl/α,β-unsaturated/α-hetero) is 1. The molecule has 0 amide bonds. The van der Waals surface area contributed by atoms with E-state index in [0.717, 1.165) is 36.0 Å². The van der Waals surface area contributed by atoms with Crippen molar-refractivity contribution in [2.24, 2.45) is 0 Å². The molecule has 0 unspecified atom stereocenters. The maximum atomic E-state index is 10.7. The summed E-state index contributed by atoms with van der Waals surface area (Å²) in [5, 5.41) is 0. The first-order chi connectivity index (χ1) is 9.79. The summed E-state index contributed by atoms with van der Waals surface area (Å²) in [5.41, 5.74) is 0.928. The lowest BCUT2D eigenvalue weighted by Gasteiger charge is -2.12. The van der Waals surface area contributed by atoms with E-state index < -0.39 is 10.1 Å². The van der Waals surface area contributed by atoms with Crippen molar-refractivity contribution >= 4 is 26.8 Å². The molecule has 1 aromatic carbocycles. The van der Waals surface area contributed by atoms with Crippen LogP contribution in [-0.4, -0.2) is 49.2 Å². The number of ketones is 1. The van der Waals surface area contributed by atoms with Crippen LogP contribution >= 0.6 is 0 Å². The van der Waals surface area contributed by atoms with Gasteiger partial charge < -0.3 is 9.29 Å². The molecule has 0 aliphatic carbocycles. The summed E-state index contributed by atoms with van der Waals surface area (Å²) in [4.78, 5) is 10.5. The van der Waals surface area contributed by atoms with Crippen molar-refractivity contribution < 1.29 is 22.5 Å². The zero-order valence-electron chi connectivity index (χ0n) is 12.2. The smallest absolute Gasteiger partial charge is 0.178 e. The summed E-state index contributed by atoms with van der Waals surface area (Å²) < 4.78 is 36.3. The van der Waals surface area contributed by atoms with E-state index >= 15 is 0 Å². The average molecular weight is 332 g/mol. The number of benzene rings is 1. The molecule has 1 heterocycles. The molecule has 1 aromatic rings. The molecule has 0 saturated carbocycles. The van der Waals surface area contributed by atoms with Gasteiger partial charge in [-0.3, -0.25) is 4.79 Å². The second-order valence-corrected chi connectivity index (χ2v) is 8.46. The van der Waals surface area contributed by atoms with Gasteiger partial charge in [-0.15, -0.1) is 0 Å². The van der Waals surface area contributed by atoms with Gasteiger partial charge in [-0.25, -0.2) is 8.42 Å². The van der Waals surface area contributed by atoms with Crippen LogP contribution in [0.2, 0.25) is 0 Å². The van der Waals surface area contributed by atoms with Crippen LogP contribution in [0.25, 0.3) is 0 Å². The molecule has 0 atom stereocenters. The highest BCUT2D eigenvalue weighted by atomic mass is 32.2. The van der Waals surface area contributed by atoms with Crippen molar-refractivity contribution in [2.75, 3.05) is 30.5 Å². The third-order valence-corrected chi connectivity index (χ3v) is 5.90. The minimum atomic E-state index is -4.27. The molecule has 0 bridgehead atoms. The van der Waals surface area contributed by atoms with Crippen molar-refractivity contribution in [1.82, 2.24) is 0 Å². The highest BCUT2D eigenvalue weighted by Crippen LogP contribution is 2.08. The Morgan fingerprint density at radius 3 is 2.19 bits per heavy atom. The Hall–Kier alpha value is -0.890. The highest BCUT2D eigenvalue weighted by Gasteiger charge is 2.23.